The largest absolute Gasteiger partial charge is 0.481 e. The SMILES string of the molecule is [2H]C1([2H])OCc2c(sc3c2C(c2c(F)cccc2F)=N[C@@H](C)C(=O)N3)OC1([2H])[2H]. The summed E-state index contributed by atoms with van der Waals surface area (Å²) < 4.78 is 70.5. The zero-order chi connectivity index (χ0) is 21.1. The van der Waals surface area contributed by atoms with Gasteiger partial charge in [0.05, 0.1) is 29.9 Å². The second-order valence-electron chi connectivity index (χ2n) is 5.41. The van der Waals surface area contributed by atoms with Gasteiger partial charge in [-0.2, -0.15) is 0 Å². The smallest absolute Gasteiger partial charge is 0.249 e. The molecule has 1 aromatic carbocycles. The molecular weight excluding hydrogens is 350 g/mol. The minimum Gasteiger partial charge on any atom is -0.481 e. The summed E-state index contributed by atoms with van der Waals surface area (Å²) in [5.74, 6) is -2.30. The third-order valence-corrected chi connectivity index (χ3v) is 4.84. The van der Waals surface area contributed by atoms with Crippen LogP contribution in [-0.4, -0.2) is 30.8 Å². The van der Waals surface area contributed by atoms with E-state index in [4.69, 9.17) is 15.0 Å². The number of ether oxygens (including phenoxy) is 2. The number of carbonyl (C=O) groups is 1. The van der Waals surface area contributed by atoms with E-state index < -0.39 is 48.9 Å². The fourth-order valence-corrected chi connectivity index (χ4v) is 3.67. The molecule has 1 amide bonds. The number of fused-ring (bicyclic) bond motifs is 3. The molecule has 0 aliphatic carbocycles. The van der Waals surface area contributed by atoms with Crippen LogP contribution in [0.1, 0.15) is 29.1 Å². The fraction of sp³-hybridized carbons (Fsp3) is 0.294. The van der Waals surface area contributed by atoms with Gasteiger partial charge in [0.15, 0.2) is 5.06 Å². The quantitative estimate of drug-likeness (QED) is 0.841. The van der Waals surface area contributed by atoms with Crippen molar-refractivity contribution in [2.75, 3.05) is 18.4 Å². The normalized spacial score (nSPS) is 26.1. The predicted molar refractivity (Wildman–Crippen MR) is 89.6 cm³/mol. The van der Waals surface area contributed by atoms with Crippen LogP contribution in [0.3, 0.4) is 0 Å². The molecule has 0 unspecified atom stereocenters. The maximum absolute atomic E-state index is 14.5. The van der Waals surface area contributed by atoms with Gasteiger partial charge in [-0.1, -0.05) is 17.4 Å². The van der Waals surface area contributed by atoms with E-state index >= 15 is 0 Å². The van der Waals surface area contributed by atoms with E-state index in [1.165, 1.54) is 13.0 Å². The van der Waals surface area contributed by atoms with Gasteiger partial charge in [0.25, 0.3) is 0 Å². The molecule has 5 nitrogen and oxygen atoms in total. The molecule has 1 N–H and O–H groups in total. The topological polar surface area (TPSA) is 59.9 Å². The maximum atomic E-state index is 14.5. The molecule has 2 aliphatic rings. The zero-order valence-corrected chi connectivity index (χ0v) is 13.7. The Morgan fingerprint density at radius 2 is 2.08 bits per heavy atom. The van der Waals surface area contributed by atoms with Crippen molar-refractivity contribution in [1.82, 2.24) is 0 Å². The highest BCUT2D eigenvalue weighted by atomic mass is 32.1. The molecule has 8 heteroatoms. The van der Waals surface area contributed by atoms with Crippen molar-refractivity contribution in [2.24, 2.45) is 4.99 Å². The van der Waals surface area contributed by atoms with E-state index in [2.05, 4.69) is 10.3 Å². The van der Waals surface area contributed by atoms with Crippen molar-refractivity contribution < 1.29 is 28.5 Å². The molecule has 0 saturated carbocycles. The van der Waals surface area contributed by atoms with E-state index in [0.29, 0.717) is 0 Å². The molecule has 2 aliphatic heterocycles. The Hall–Kier alpha value is -2.32. The summed E-state index contributed by atoms with van der Waals surface area (Å²) in [5, 5.41) is 2.70. The number of nitrogens with one attached hydrogen (secondary N) is 1. The van der Waals surface area contributed by atoms with Crippen LogP contribution in [0.2, 0.25) is 0 Å². The monoisotopic (exact) mass is 368 g/mol. The number of hydrogen-bond acceptors (Lipinski definition) is 5. The lowest BCUT2D eigenvalue weighted by Crippen LogP contribution is -2.22. The van der Waals surface area contributed by atoms with Crippen LogP contribution < -0.4 is 10.1 Å². The number of halogens is 2. The van der Waals surface area contributed by atoms with Crippen LogP contribution in [0.4, 0.5) is 13.8 Å². The Morgan fingerprint density at radius 1 is 1.32 bits per heavy atom. The second kappa shape index (κ2) is 6.20. The number of hydrogen-bond donors (Lipinski definition) is 1. The van der Waals surface area contributed by atoms with E-state index in [-0.39, 0.29) is 26.9 Å². The molecule has 1 aromatic heterocycles. The number of rotatable bonds is 1. The van der Waals surface area contributed by atoms with Crippen LogP contribution in [0.25, 0.3) is 0 Å². The lowest BCUT2D eigenvalue weighted by Gasteiger charge is -2.11. The van der Waals surface area contributed by atoms with Gasteiger partial charge in [-0.3, -0.25) is 9.79 Å². The first kappa shape index (κ1) is 12.1. The molecule has 0 spiro atoms. The third-order valence-electron chi connectivity index (χ3n) is 3.82. The maximum Gasteiger partial charge on any atom is 0.249 e. The summed E-state index contributed by atoms with van der Waals surface area (Å²) in [4.78, 5) is 16.5. The first-order valence-corrected chi connectivity index (χ1v) is 8.15. The molecule has 0 bridgehead atoms. The summed E-state index contributed by atoms with van der Waals surface area (Å²) in [6.45, 7) is -4.60. The van der Waals surface area contributed by atoms with Crippen molar-refractivity contribution in [3.8, 4) is 5.06 Å². The van der Waals surface area contributed by atoms with Crippen molar-refractivity contribution >= 4 is 28.0 Å². The standard InChI is InChI=1S/C17H14F2N2O3S/c1-8-15(22)21-16-12(9-7-23-5-6-24-17(9)25-16)14(20-8)13-10(18)3-2-4-11(13)19/h2-4,8H,5-7H2,1H3,(H,21,22)/t8-/m0/s1/i5D2,6D2. The average Bonchev–Trinajstić information content (AvgIpc) is 2.83. The van der Waals surface area contributed by atoms with E-state index in [9.17, 15) is 13.6 Å². The van der Waals surface area contributed by atoms with Gasteiger partial charge < -0.3 is 14.8 Å². The van der Waals surface area contributed by atoms with Gasteiger partial charge in [0.2, 0.25) is 5.91 Å². The van der Waals surface area contributed by atoms with Crippen molar-refractivity contribution in [3.63, 3.8) is 0 Å². The Balaban J connectivity index is 1.97. The Kier molecular flexibility index (Phi) is 3.00. The van der Waals surface area contributed by atoms with Gasteiger partial charge in [0.1, 0.15) is 29.2 Å². The lowest BCUT2D eigenvalue weighted by molar-refractivity contribution is -0.116. The van der Waals surface area contributed by atoms with Gasteiger partial charge in [0, 0.05) is 11.1 Å². The first-order valence-electron chi connectivity index (χ1n) is 9.34. The van der Waals surface area contributed by atoms with E-state index in [0.717, 1.165) is 23.5 Å². The van der Waals surface area contributed by atoms with Crippen LogP contribution in [0.5, 0.6) is 5.06 Å². The van der Waals surface area contributed by atoms with Gasteiger partial charge in [-0.05, 0) is 19.1 Å². The molecule has 130 valence electrons. The van der Waals surface area contributed by atoms with E-state index in [1.54, 1.807) is 0 Å². The Labute approximate surface area is 151 Å². The number of anilines is 1. The van der Waals surface area contributed by atoms with Crippen molar-refractivity contribution in [2.45, 2.75) is 19.6 Å². The molecule has 0 saturated heterocycles. The molecule has 1 atom stereocenters. The summed E-state index contributed by atoms with van der Waals surface area (Å²) in [7, 11) is 0. The Morgan fingerprint density at radius 3 is 2.84 bits per heavy atom. The molecule has 2 aromatic rings. The van der Waals surface area contributed by atoms with Crippen molar-refractivity contribution in [1.29, 1.82) is 0 Å². The van der Waals surface area contributed by atoms with Crippen LogP contribution in [-0.2, 0) is 16.1 Å². The number of carbonyl (C=O) groups excluding carboxylic acids is 1. The van der Waals surface area contributed by atoms with Gasteiger partial charge >= 0.3 is 0 Å². The summed E-state index contributed by atoms with van der Waals surface area (Å²) in [6, 6.07) is 2.36. The molecule has 4 rings (SSSR count). The highest BCUT2D eigenvalue weighted by molar-refractivity contribution is 7.18. The first-order chi connectivity index (χ1) is 13.5. The molecule has 3 heterocycles. The number of aliphatic imine (C=N–C) groups is 1. The number of nitrogens with zero attached hydrogens (tertiary/aromatic N) is 1. The summed E-state index contributed by atoms with van der Waals surface area (Å²) >= 11 is 0.817. The lowest BCUT2D eigenvalue weighted by atomic mass is 9.99. The van der Waals surface area contributed by atoms with Gasteiger partial charge in [-0.25, -0.2) is 8.78 Å². The summed E-state index contributed by atoms with van der Waals surface area (Å²) in [6.07, 6.45) is 0. The predicted octanol–water partition coefficient (Wildman–Crippen LogP) is 3.11. The van der Waals surface area contributed by atoms with Crippen molar-refractivity contribution in [3.05, 3.63) is 46.5 Å². The summed E-state index contributed by atoms with van der Waals surface area (Å²) in [5.41, 5.74) is -0.353. The Bertz CT molecular complexity index is 1040. The van der Waals surface area contributed by atoms with Gasteiger partial charge in [-0.15, -0.1) is 0 Å². The second-order valence-corrected chi connectivity index (χ2v) is 6.39. The van der Waals surface area contributed by atoms with Crippen LogP contribution in [0, 0.1) is 11.6 Å². The molecular formula is C17H14F2N2O3S. The number of amides is 1. The zero-order valence-electron chi connectivity index (χ0n) is 16.9. The average molecular weight is 368 g/mol. The fourth-order valence-electron chi connectivity index (χ4n) is 2.65. The minimum absolute atomic E-state index is 0.0688. The molecule has 0 fully saturated rings. The number of thiophene rings is 1. The third kappa shape index (κ3) is 2.71. The number of benzene rings is 1. The highest BCUT2D eigenvalue weighted by Gasteiger charge is 2.33. The molecule has 0 radical (unpaired) electrons. The molecule has 25 heavy (non-hydrogen) atoms. The van der Waals surface area contributed by atoms with Crippen LogP contribution in [0.15, 0.2) is 23.2 Å². The van der Waals surface area contributed by atoms with E-state index in [1.807, 2.05) is 0 Å². The van der Waals surface area contributed by atoms with Crippen LogP contribution >= 0.6 is 11.3 Å². The highest BCUT2D eigenvalue weighted by Crippen LogP contribution is 2.43. The minimum atomic E-state index is -2.83.